The summed E-state index contributed by atoms with van der Waals surface area (Å²) in [6.07, 6.45) is 2.87. The number of thiophene rings is 1. The fraction of sp³-hybridized carbons (Fsp3) is 0.481. The molecule has 0 radical (unpaired) electrons. The van der Waals surface area contributed by atoms with Crippen LogP contribution in [-0.4, -0.2) is 35.9 Å². The fourth-order valence-corrected chi connectivity index (χ4v) is 4.48. The van der Waals surface area contributed by atoms with Gasteiger partial charge in [-0.25, -0.2) is 4.79 Å². The highest BCUT2D eigenvalue weighted by molar-refractivity contribution is 7.10. The van der Waals surface area contributed by atoms with Gasteiger partial charge >= 0.3 is 6.09 Å². The second-order valence-corrected chi connectivity index (χ2v) is 10.2. The molecule has 0 aliphatic carbocycles. The molecule has 0 aliphatic heterocycles. The van der Waals surface area contributed by atoms with Crippen LogP contribution in [0.25, 0.3) is 0 Å². The van der Waals surface area contributed by atoms with Gasteiger partial charge in [0.1, 0.15) is 11.4 Å². The first-order valence-corrected chi connectivity index (χ1v) is 12.9. The monoisotopic (exact) mass is 502 g/mol. The zero-order chi connectivity index (χ0) is 26.0. The van der Waals surface area contributed by atoms with Crippen molar-refractivity contribution in [3.63, 3.8) is 0 Å². The lowest BCUT2D eigenvalue weighted by Gasteiger charge is -2.19. The maximum atomic E-state index is 12.9. The number of phenols is 1. The number of carbonyl (C=O) groups excluding carboxylic acids is 2. The van der Waals surface area contributed by atoms with Gasteiger partial charge < -0.3 is 25.2 Å². The van der Waals surface area contributed by atoms with Crippen molar-refractivity contribution in [3.8, 4) is 5.75 Å². The van der Waals surface area contributed by atoms with E-state index in [1.54, 1.807) is 44.2 Å². The van der Waals surface area contributed by atoms with E-state index >= 15 is 0 Å². The Bertz CT molecular complexity index is 1020. The molecule has 0 aliphatic rings. The van der Waals surface area contributed by atoms with E-state index in [9.17, 15) is 14.7 Å². The molecule has 2 amide bonds. The number of rotatable bonds is 11. The molecule has 2 aromatic rings. The van der Waals surface area contributed by atoms with E-state index in [0.29, 0.717) is 36.5 Å². The molecule has 1 heterocycles. The number of hydrogen-bond donors (Lipinski definition) is 3. The third-order valence-corrected chi connectivity index (χ3v) is 6.34. The van der Waals surface area contributed by atoms with Crippen LogP contribution in [0.5, 0.6) is 5.75 Å². The summed E-state index contributed by atoms with van der Waals surface area (Å²) in [6.45, 7) is 13.0. The van der Waals surface area contributed by atoms with Crippen molar-refractivity contribution < 1.29 is 24.2 Å². The van der Waals surface area contributed by atoms with E-state index in [1.807, 2.05) is 19.9 Å². The Balaban J connectivity index is 2.03. The first-order chi connectivity index (χ1) is 16.5. The zero-order valence-corrected chi connectivity index (χ0v) is 22.4. The van der Waals surface area contributed by atoms with Gasteiger partial charge in [-0.1, -0.05) is 26.0 Å². The second kappa shape index (κ2) is 13.3. The van der Waals surface area contributed by atoms with Crippen molar-refractivity contribution in [1.82, 2.24) is 5.32 Å². The predicted molar refractivity (Wildman–Crippen MR) is 141 cm³/mol. The predicted octanol–water partition coefficient (Wildman–Crippen LogP) is 6.14. The quantitative estimate of drug-likeness (QED) is 0.195. The van der Waals surface area contributed by atoms with Crippen LogP contribution in [-0.2, 0) is 27.2 Å². The Morgan fingerprint density at radius 2 is 1.94 bits per heavy atom. The van der Waals surface area contributed by atoms with E-state index in [4.69, 9.17) is 9.47 Å². The van der Waals surface area contributed by atoms with Crippen molar-refractivity contribution in [3.05, 3.63) is 57.3 Å². The molecule has 0 bridgehead atoms. The molecule has 192 valence electrons. The lowest BCUT2D eigenvalue weighted by atomic mass is 9.99. The molecule has 1 atom stereocenters. The number of hydrogen-bond acceptors (Lipinski definition) is 6. The summed E-state index contributed by atoms with van der Waals surface area (Å²) in [4.78, 5) is 26.0. The van der Waals surface area contributed by atoms with E-state index < -0.39 is 11.7 Å². The highest BCUT2D eigenvalue weighted by Crippen LogP contribution is 2.30. The lowest BCUT2D eigenvalue weighted by molar-refractivity contribution is -0.113. The molecule has 0 saturated heterocycles. The molecule has 0 spiro atoms. The summed E-state index contributed by atoms with van der Waals surface area (Å²) in [5, 5.41) is 18.0. The van der Waals surface area contributed by atoms with Crippen LogP contribution in [0.1, 0.15) is 69.9 Å². The molecular formula is C27H38N2O5S. The van der Waals surface area contributed by atoms with Gasteiger partial charge in [-0.3, -0.25) is 4.79 Å². The van der Waals surface area contributed by atoms with Crippen LogP contribution < -0.4 is 10.6 Å². The van der Waals surface area contributed by atoms with Gasteiger partial charge in [-0.15, -0.1) is 11.3 Å². The van der Waals surface area contributed by atoms with E-state index in [1.165, 1.54) is 16.5 Å². The number of phenolic OH excluding ortho intramolecular Hbond substituents is 1. The molecule has 1 aromatic carbocycles. The Morgan fingerprint density at radius 1 is 1.20 bits per heavy atom. The minimum Gasteiger partial charge on any atom is -0.506 e. The number of aromatic hydroxyl groups is 1. The molecule has 0 saturated carbocycles. The van der Waals surface area contributed by atoms with Gasteiger partial charge in [0.15, 0.2) is 0 Å². The van der Waals surface area contributed by atoms with Gasteiger partial charge in [0, 0.05) is 29.5 Å². The molecule has 1 aromatic heterocycles. The molecular weight excluding hydrogens is 464 g/mol. The normalized spacial score (nSPS) is 12.8. The largest absolute Gasteiger partial charge is 0.506 e. The number of ether oxygens (including phenoxy) is 2. The van der Waals surface area contributed by atoms with Crippen LogP contribution in [0.2, 0.25) is 0 Å². The minimum atomic E-state index is -0.586. The Morgan fingerprint density at radius 3 is 2.57 bits per heavy atom. The minimum absolute atomic E-state index is 0.0678. The topological polar surface area (TPSA) is 96.9 Å². The summed E-state index contributed by atoms with van der Waals surface area (Å²) in [6, 6.07) is 7.00. The average molecular weight is 503 g/mol. The maximum absolute atomic E-state index is 12.9. The van der Waals surface area contributed by atoms with Crippen LogP contribution in [0.15, 0.2) is 41.3 Å². The van der Waals surface area contributed by atoms with Crippen LogP contribution in [0, 0.1) is 0 Å². The number of benzene rings is 1. The maximum Gasteiger partial charge on any atom is 0.407 e. The molecule has 2 rings (SSSR count). The molecule has 1 unspecified atom stereocenters. The molecule has 8 heteroatoms. The summed E-state index contributed by atoms with van der Waals surface area (Å²) < 4.78 is 10.7. The Kier molecular flexibility index (Phi) is 10.8. The summed E-state index contributed by atoms with van der Waals surface area (Å²) in [5.74, 6) is -0.231. The average Bonchev–Trinajstić information content (AvgIpc) is 3.25. The van der Waals surface area contributed by atoms with Gasteiger partial charge in [0.05, 0.1) is 12.3 Å². The number of amides is 2. The number of nitrogens with one attached hydrogen (secondary N) is 2. The van der Waals surface area contributed by atoms with Gasteiger partial charge in [-0.2, -0.15) is 0 Å². The summed E-state index contributed by atoms with van der Waals surface area (Å²) in [7, 11) is 0. The van der Waals surface area contributed by atoms with Crippen LogP contribution >= 0.6 is 11.3 Å². The molecule has 0 fully saturated rings. The standard InChI is InChI=1S/C27H38N2O5S/c1-7-20(15-18(3)24-21(12-14-35-24)11-13-33-8-2)25(31)29-22-10-9-19(16-23(22)30)17-28-26(32)34-27(4,5)6/h9-10,12,14-16,18,30H,7-8,11,13,17H2,1-6H3,(H,28,32)(H,29,31)/b20-15+. The first kappa shape index (κ1) is 28.4. The highest BCUT2D eigenvalue weighted by atomic mass is 32.1. The molecule has 35 heavy (non-hydrogen) atoms. The van der Waals surface area contributed by atoms with E-state index in [-0.39, 0.29) is 24.1 Å². The number of allylic oxidation sites excluding steroid dienone is 1. The van der Waals surface area contributed by atoms with Crippen LogP contribution in [0.3, 0.4) is 0 Å². The van der Waals surface area contributed by atoms with Gasteiger partial charge in [0.2, 0.25) is 0 Å². The number of anilines is 1. The number of carbonyl (C=O) groups is 2. The molecule has 3 N–H and O–H groups in total. The summed E-state index contributed by atoms with van der Waals surface area (Å²) in [5.41, 5.74) is 2.31. The molecule has 7 nitrogen and oxygen atoms in total. The lowest BCUT2D eigenvalue weighted by Crippen LogP contribution is -2.32. The zero-order valence-electron chi connectivity index (χ0n) is 21.6. The third-order valence-electron chi connectivity index (χ3n) is 5.18. The van der Waals surface area contributed by atoms with E-state index in [0.717, 1.165) is 6.42 Å². The van der Waals surface area contributed by atoms with Crippen molar-refractivity contribution in [2.45, 2.75) is 72.4 Å². The first-order valence-electron chi connectivity index (χ1n) is 12.0. The summed E-state index contributed by atoms with van der Waals surface area (Å²) >= 11 is 1.69. The van der Waals surface area contributed by atoms with Crippen molar-refractivity contribution >= 4 is 29.0 Å². The van der Waals surface area contributed by atoms with Crippen LogP contribution in [0.4, 0.5) is 10.5 Å². The van der Waals surface area contributed by atoms with Gasteiger partial charge in [-0.05, 0) is 75.2 Å². The smallest absolute Gasteiger partial charge is 0.407 e. The Hall–Kier alpha value is -2.84. The number of alkyl carbamates (subject to hydrolysis) is 1. The van der Waals surface area contributed by atoms with E-state index in [2.05, 4.69) is 29.0 Å². The SMILES string of the molecule is CCOCCc1ccsc1C(C)/C=C(\CC)C(=O)Nc1ccc(CNC(=O)OC(C)(C)C)cc1O. The van der Waals surface area contributed by atoms with Crippen molar-refractivity contribution in [1.29, 1.82) is 0 Å². The third kappa shape index (κ3) is 9.38. The Labute approximate surface area is 212 Å². The fourth-order valence-electron chi connectivity index (χ4n) is 3.50. The van der Waals surface area contributed by atoms with Gasteiger partial charge in [0.25, 0.3) is 5.91 Å². The van der Waals surface area contributed by atoms with Crippen molar-refractivity contribution in [2.24, 2.45) is 0 Å². The highest BCUT2D eigenvalue weighted by Gasteiger charge is 2.17. The second-order valence-electron chi connectivity index (χ2n) is 9.25. The van der Waals surface area contributed by atoms with Crippen molar-refractivity contribution in [2.75, 3.05) is 18.5 Å².